The zero-order valence-corrected chi connectivity index (χ0v) is 12.4. The predicted octanol–water partition coefficient (Wildman–Crippen LogP) is 2.58. The van der Waals surface area contributed by atoms with Gasteiger partial charge in [0.15, 0.2) is 0 Å². The first-order valence-corrected chi connectivity index (χ1v) is 7.94. The number of carbonyl (C=O) groups is 1. The molecule has 0 saturated carbocycles. The highest BCUT2D eigenvalue weighted by Crippen LogP contribution is 2.25. The summed E-state index contributed by atoms with van der Waals surface area (Å²) in [5, 5.41) is 0. The van der Waals surface area contributed by atoms with Crippen molar-refractivity contribution in [2.75, 3.05) is 7.11 Å². The predicted molar refractivity (Wildman–Crippen MR) is 71.2 cm³/mol. The molecule has 0 amide bonds. The zero-order valence-electron chi connectivity index (χ0n) is 10.8. The molecule has 0 aliphatic rings. The minimum atomic E-state index is -3.91. The van der Waals surface area contributed by atoms with Crippen LogP contribution in [0.2, 0.25) is 0 Å². The minimum Gasteiger partial charge on any atom is -0.496 e. The molecule has 1 aromatic rings. The molecule has 1 atom stereocenters. The van der Waals surface area contributed by atoms with Crippen LogP contribution in [0.4, 0.5) is 0 Å². The molecule has 0 fully saturated rings. The molecule has 1 unspecified atom stereocenters. The van der Waals surface area contributed by atoms with Gasteiger partial charge in [-0.15, -0.1) is 0 Å². The fraction of sp³-hybridized carbons (Fsp3) is 0.417. The van der Waals surface area contributed by atoms with Crippen LogP contribution in [0.1, 0.15) is 30.6 Å². The number of esters is 1. The van der Waals surface area contributed by atoms with E-state index in [0.29, 0.717) is 6.42 Å². The van der Waals surface area contributed by atoms with Crippen molar-refractivity contribution < 1.29 is 22.7 Å². The van der Waals surface area contributed by atoms with Gasteiger partial charge in [-0.2, -0.15) is 0 Å². The van der Waals surface area contributed by atoms with Gasteiger partial charge in [0.2, 0.25) is 0 Å². The summed E-state index contributed by atoms with van der Waals surface area (Å²) in [5.41, 5.74) is 0.0320. The second kappa shape index (κ2) is 6.25. The Morgan fingerprint density at radius 3 is 2.53 bits per heavy atom. The average Bonchev–Trinajstić information content (AvgIpc) is 2.36. The Kier molecular flexibility index (Phi) is 5.20. The molecular weight excluding hydrogens is 292 g/mol. The van der Waals surface area contributed by atoms with Gasteiger partial charge in [0.25, 0.3) is 9.05 Å². The zero-order chi connectivity index (χ0) is 14.6. The van der Waals surface area contributed by atoms with E-state index in [2.05, 4.69) is 0 Å². The van der Waals surface area contributed by atoms with E-state index in [1.165, 1.54) is 19.2 Å². The summed E-state index contributed by atoms with van der Waals surface area (Å²) in [5.74, 6) is -0.411. The van der Waals surface area contributed by atoms with Crippen molar-refractivity contribution in [3.63, 3.8) is 0 Å². The van der Waals surface area contributed by atoms with Crippen LogP contribution in [0.3, 0.4) is 0 Å². The third-order valence-electron chi connectivity index (χ3n) is 2.56. The molecule has 106 valence electrons. The minimum absolute atomic E-state index is 0.0320. The lowest BCUT2D eigenvalue weighted by Gasteiger charge is -2.13. The summed E-state index contributed by atoms with van der Waals surface area (Å²) >= 11 is 0. The number of hydrogen-bond donors (Lipinski definition) is 0. The summed E-state index contributed by atoms with van der Waals surface area (Å²) < 4.78 is 32.7. The number of hydrogen-bond acceptors (Lipinski definition) is 5. The first-order chi connectivity index (χ1) is 8.79. The first kappa shape index (κ1) is 15.8. The summed E-state index contributed by atoms with van der Waals surface area (Å²) in [7, 11) is 2.71. The lowest BCUT2D eigenvalue weighted by atomic mass is 10.2. The van der Waals surface area contributed by atoms with Gasteiger partial charge in [0.05, 0.1) is 18.1 Å². The van der Waals surface area contributed by atoms with E-state index in [9.17, 15) is 13.2 Å². The number of methoxy groups -OCH3 is 1. The summed E-state index contributed by atoms with van der Waals surface area (Å²) in [4.78, 5) is 11.8. The number of benzene rings is 1. The van der Waals surface area contributed by atoms with Gasteiger partial charge in [-0.3, -0.25) is 0 Å². The van der Waals surface area contributed by atoms with Crippen molar-refractivity contribution in [3.05, 3.63) is 23.8 Å². The van der Waals surface area contributed by atoms with Crippen molar-refractivity contribution in [2.24, 2.45) is 0 Å². The molecule has 0 aromatic heterocycles. The maximum absolute atomic E-state index is 11.9. The van der Waals surface area contributed by atoms with Crippen LogP contribution < -0.4 is 4.74 Å². The molecule has 0 radical (unpaired) electrons. The molecule has 5 nitrogen and oxygen atoms in total. The van der Waals surface area contributed by atoms with Gasteiger partial charge in [0, 0.05) is 10.7 Å². The Bertz CT molecular complexity index is 567. The van der Waals surface area contributed by atoms with E-state index in [-0.39, 0.29) is 22.3 Å². The van der Waals surface area contributed by atoms with Gasteiger partial charge in [0.1, 0.15) is 11.3 Å². The van der Waals surface area contributed by atoms with Gasteiger partial charge in [-0.05, 0) is 31.5 Å². The molecule has 0 aliphatic carbocycles. The monoisotopic (exact) mass is 306 g/mol. The van der Waals surface area contributed by atoms with Crippen LogP contribution in [-0.4, -0.2) is 27.6 Å². The van der Waals surface area contributed by atoms with Gasteiger partial charge in [-0.25, -0.2) is 13.2 Å². The van der Waals surface area contributed by atoms with E-state index in [1.807, 2.05) is 6.92 Å². The quantitative estimate of drug-likeness (QED) is 0.617. The van der Waals surface area contributed by atoms with E-state index >= 15 is 0 Å². The summed E-state index contributed by atoms with van der Waals surface area (Å²) in [6.07, 6.45) is 0.384. The van der Waals surface area contributed by atoms with Crippen LogP contribution in [0.15, 0.2) is 23.1 Å². The third-order valence-corrected chi connectivity index (χ3v) is 3.91. The van der Waals surface area contributed by atoms with Crippen molar-refractivity contribution in [1.29, 1.82) is 0 Å². The molecule has 0 spiro atoms. The van der Waals surface area contributed by atoms with Crippen LogP contribution in [-0.2, 0) is 13.8 Å². The van der Waals surface area contributed by atoms with E-state index in [0.717, 1.165) is 6.07 Å². The van der Waals surface area contributed by atoms with Crippen LogP contribution in [0.5, 0.6) is 5.75 Å². The molecule has 1 aromatic carbocycles. The third kappa shape index (κ3) is 4.11. The summed E-state index contributed by atoms with van der Waals surface area (Å²) in [6, 6.07) is 3.77. The fourth-order valence-corrected chi connectivity index (χ4v) is 2.10. The van der Waals surface area contributed by atoms with Crippen molar-refractivity contribution in [3.8, 4) is 5.75 Å². The fourth-order valence-electron chi connectivity index (χ4n) is 1.33. The molecule has 19 heavy (non-hydrogen) atoms. The Labute approximate surface area is 116 Å². The normalized spacial score (nSPS) is 12.8. The van der Waals surface area contributed by atoms with Gasteiger partial charge < -0.3 is 9.47 Å². The highest BCUT2D eigenvalue weighted by Gasteiger charge is 2.20. The molecule has 1 rings (SSSR count). The molecule has 0 N–H and O–H groups in total. The van der Waals surface area contributed by atoms with Crippen LogP contribution in [0, 0.1) is 0 Å². The molecule has 7 heteroatoms. The van der Waals surface area contributed by atoms with Crippen LogP contribution >= 0.6 is 10.7 Å². The molecular formula is C12H15ClO5S. The highest BCUT2D eigenvalue weighted by atomic mass is 35.7. The van der Waals surface area contributed by atoms with E-state index in [4.69, 9.17) is 20.2 Å². The first-order valence-electron chi connectivity index (χ1n) is 5.63. The molecule has 0 aliphatic heterocycles. The SMILES string of the molecule is CCC(C)OC(=O)c1cc(S(=O)(=O)Cl)ccc1OC. The summed E-state index contributed by atoms with van der Waals surface area (Å²) in [6.45, 7) is 3.61. The van der Waals surface area contributed by atoms with Crippen molar-refractivity contribution in [2.45, 2.75) is 31.3 Å². The topological polar surface area (TPSA) is 69.7 Å². The maximum atomic E-state index is 11.9. The van der Waals surface area contributed by atoms with Gasteiger partial charge in [-0.1, -0.05) is 6.92 Å². The second-order valence-electron chi connectivity index (χ2n) is 3.92. The highest BCUT2D eigenvalue weighted by molar-refractivity contribution is 8.13. The van der Waals surface area contributed by atoms with Gasteiger partial charge >= 0.3 is 5.97 Å². The molecule has 0 bridgehead atoms. The molecule has 0 heterocycles. The largest absolute Gasteiger partial charge is 0.496 e. The maximum Gasteiger partial charge on any atom is 0.342 e. The number of carbonyl (C=O) groups excluding carboxylic acids is 1. The van der Waals surface area contributed by atoms with Crippen LogP contribution in [0.25, 0.3) is 0 Å². The Morgan fingerprint density at radius 2 is 2.05 bits per heavy atom. The number of ether oxygens (including phenoxy) is 2. The smallest absolute Gasteiger partial charge is 0.342 e. The Hall–Kier alpha value is -1.27. The molecule has 0 saturated heterocycles. The van der Waals surface area contributed by atoms with E-state index in [1.54, 1.807) is 6.92 Å². The lowest BCUT2D eigenvalue weighted by Crippen LogP contribution is -2.15. The standard InChI is InChI=1S/C12H15ClO5S/c1-4-8(2)18-12(14)10-7-9(19(13,15)16)5-6-11(10)17-3/h5-8H,4H2,1-3H3. The lowest BCUT2D eigenvalue weighted by molar-refractivity contribution is 0.0330. The number of halogens is 1. The van der Waals surface area contributed by atoms with Crippen molar-refractivity contribution in [1.82, 2.24) is 0 Å². The number of rotatable bonds is 5. The average molecular weight is 307 g/mol. The Balaban J connectivity index is 3.20. The van der Waals surface area contributed by atoms with Crippen molar-refractivity contribution >= 4 is 25.7 Å². The van der Waals surface area contributed by atoms with E-state index < -0.39 is 15.0 Å². The Morgan fingerprint density at radius 1 is 1.42 bits per heavy atom. The second-order valence-corrected chi connectivity index (χ2v) is 6.49.